The number of aryl methyl sites for hydroxylation is 1. The van der Waals surface area contributed by atoms with E-state index in [-0.39, 0.29) is 0 Å². The molecule has 0 radical (unpaired) electrons. The van der Waals surface area contributed by atoms with E-state index < -0.39 is 6.17 Å². The van der Waals surface area contributed by atoms with Crippen LogP contribution in [0.5, 0.6) is 0 Å². The van der Waals surface area contributed by atoms with E-state index >= 15 is 0 Å². The summed E-state index contributed by atoms with van der Waals surface area (Å²) in [6.45, 7) is 8.16. The van der Waals surface area contributed by atoms with Crippen molar-refractivity contribution in [3.05, 3.63) is 52.8 Å². The van der Waals surface area contributed by atoms with Gasteiger partial charge in [0.25, 0.3) is 0 Å². The van der Waals surface area contributed by atoms with E-state index in [1.807, 2.05) is 32.2 Å². The standard InChI is InChI=1S/C24H28N8/c1-15-17(12-25)5-3-7-19(15)23(26)28-24-20-11-22(27-13-21(20)16(2)29-30-24)32-10-9-31-8-4-6-18(31)14-32/h3,5,7,11,13,18,23H,4,6,8-10,14,26H2,1-2H3,(H,28,30)/t18-,23+/m1/s1. The summed E-state index contributed by atoms with van der Waals surface area (Å²) in [5.74, 6) is 1.60. The normalized spacial score (nSPS) is 19.6. The van der Waals surface area contributed by atoms with Gasteiger partial charge in [-0.15, -0.1) is 5.10 Å². The number of hydrogen-bond acceptors (Lipinski definition) is 8. The molecule has 0 bridgehead atoms. The summed E-state index contributed by atoms with van der Waals surface area (Å²) in [7, 11) is 0. The van der Waals surface area contributed by atoms with E-state index in [1.165, 1.54) is 19.4 Å². The topological polar surface area (TPSA) is 107 Å². The molecule has 0 unspecified atom stereocenters. The minimum Gasteiger partial charge on any atom is -0.354 e. The third kappa shape index (κ3) is 3.64. The number of nitriles is 1. The SMILES string of the molecule is Cc1c(C#N)cccc1[C@@H](N)Nc1nnc(C)c2cnc(N3CCN4CCC[C@@H]4C3)cc12. The number of hydrogen-bond donors (Lipinski definition) is 2. The van der Waals surface area contributed by atoms with Gasteiger partial charge in [0.2, 0.25) is 0 Å². The van der Waals surface area contributed by atoms with Crippen LogP contribution in [0.2, 0.25) is 0 Å². The fourth-order valence-corrected chi connectivity index (χ4v) is 4.98. The fraction of sp³-hybridized carbons (Fsp3) is 0.417. The Bertz CT molecular complexity index is 1200. The number of piperazine rings is 1. The molecule has 0 aliphatic carbocycles. The molecule has 0 saturated carbocycles. The monoisotopic (exact) mass is 428 g/mol. The number of nitrogens with two attached hydrogens (primary N) is 1. The molecule has 8 nitrogen and oxygen atoms in total. The molecule has 3 N–H and O–H groups in total. The Hall–Kier alpha value is -3.28. The van der Waals surface area contributed by atoms with Gasteiger partial charge in [0.05, 0.1) is 17.3 Å². The maximum Gasteiger partial charge on any atom is 0.158 e. The smallest absolute Gasteiger partial charge is 0.158 e. The Labute approximate surface area is 188 Å². The predicted molar refractivity (Wildman–Crippen MR) is 125 cm³/mol. The highest BCUT2D eigenvalue weighted by atomic mass is 15.3. The number of nitrogens with zero attached hydrogens (tertiary/aromatic N) is 6. The second kappa shape index (κ2) is 8.34. The first kappa shape index (κ1) is 20.6. The van der Waals surface area contributed by atoms with Crippen LogP contribution in [-0.2, 0) is 0 Å². The van der Waals surface area contributed by atoms with Crippen molar-refractivity contribution >= 4 is 22.4 Å². The van der Waals surface area contributed by atoms with Gasteiger partial charge in [0.1, 0.15) is 12.0 Å². The van der Waals surface area contributed by atoms with Crippen molar-refractivity contribution in [2.45, 2.75) is 38.9 Å². The van der Waals surface area contributed by atoms with Crippen molar-refractivity contribution in [2.75, 3.05) is 36.4 Å². The Kier molecular flexibility index (Phi) is 5.37. The summed E-state index contributed by atoms with van der Waals surface area (Å²) in [4.78, 5) is 9.74. The molecule has 32 heavy (non-hydrogen) atoms. The van der Waals surface area contributed by atoms with Crippen LogP contribution in [0.1, 0.15) is 41.4 Å². The molecular weight excluding hydrogens is 400 g/mol. The van der Waals surface area contributed by atoms with Gasteiger partial charge in [-0.05, 0) is 56.5 Å². The lowest BCUT2D eigenvalue weighted by Gasteiger charge is -2.38. The van der Waals surface area contributed by atoms with Gasteiger partial charge < -0.3 is 16.0 Å². The van der Waals surface area contributed by atoms with Crippen molar-refractivity contribution < 1.29 is 0 Å². The van der Waals surface area contributed by atoms with E-state index in [2.05, 4.69) is 37.4 Å². The molecule has 2 aliphatic rings. The van der Waals surface area contributed by atoms with Crippen molar-refractivity contribution in [1.29, 1.82) is 5.26 Å². The quantitative estimate of drug-likeness (QED) is 0.611. The molecule has 1 aromatic carbocycles. The van der Waals surface area contributed by atoms with Crippen LogP contribution in [0.3, 0.4) is 0 Å². The van der Waals surface area contributed by atoms with Crippen LogP contribution in [-0.4, -0.2) is 52.3 Å². The second-order valence-electron chi connectivity index (χ2n) is 8.75. The third-order valence-corrected chi connectivity index (χ3v) is 6.87. The number of benzene rings is 1. The molecule has 2 atom stereocenters. The van der Waals surface area contributed by atoms with Crippen molar-refractivity contribution in [3.63, 3.8) is 0 Å². The highest BCUT2D eigenvalue weighted by Gasteiger charge is 2.31. The minimum absolute atomic E-state index is 0.512. The molecular formula is C24H28N8. The molecule has 8 heteroatoms. The Morgan fingerprint density at radius 1 is 1.19 bits per heavy atom. The Morgan fingerprint density at radius 2 is 2.06 bits per heavy atom. The van der Waals surface area contributed by atoms with E-state index in [0.717, 1.165) is 53.0 Å². The lowest BCUT2D eigenvalue weighted by Crippen LogP contribution is -2.50. The van der Waals surface area contributed by atoms with E-state index in [1.54, 1.807) is 6.07 Å². The lowest BCUT2D eigenvalue weighted by molar-refractivity contribution is 0.230. The zero-order chi connectivity index (χ0) is 22.2. The maximum absolute atomic E-state index is 9.35. The molecule has 164 valence electrons. The highest BCUT2D eigenvalue weighted by molar-refractivity contribution is 5.94. The van der Waals surface area contributed by atoms with Crippen molar-refractivity contribution in [3.8, 4) is 6.07 Å². The van der Waals surface area contributed by atoms with Crippen LogP contribution >= 0.6 is 0 Å². The minimum atomic E-state index is -0.512. The van der Waals surface area contributed by atoms with Crippen LogP contribution in [0.15, 0.2) is 30.5 Å². The molecule has 2 fully saturated rings. The summed E-state index contributed by atoms with van der Waals surface area (Å²) in [6, 6.07) is 10.5. The molecule has 0 amide bonds. The number of pyridine rings is 1. The highest BCUT2D eigenvalue weighted by Crippen LogP contribution is 2.30. The molecule has 2 aliphatic heterocycles. The zero-order valence-electron chi connectivity index (χ0n) is 18.5. The van der Waals surface area contributed by atoms with Crippen LogP contribution in [0.25, 0.3) is 10.8 Å². The average molecular weight is 429 g/mol. The number of aromatic nitrogens is 3. The van der Waals surface area contributed by atoms with Gasteiger partial charge in [0.15, 0.2) is 5.82 Å². The lowest BCUT2D eigenvalue weighted by atomic mass is 10.0. The number of anilines is 2. The maximum atomic E-state index is 9.35. The van der Waals surface area contributed by atoms with Crippen LogP contribution in [0.4, 0.5) is 11.6 Å². The predicted octanol–water partition coefficient (Wildman–Crippen LogP) is 2.87. The first-order valence-electron chi connectivity index (χ1n) is 11.2. The van der Waals surface area contributed by atoms with Crippen LogP contribution < -0.4 is 16.0 Å². The zero-order valence-corrected chi connectivity index (χ0v) is 18.5. The van der Waals surface area contributed by atoms with Gasteiger partial charge in [-0.2, -0.15) is 10.4 Å². The number of nitrogens with one attached hydrogen (secondary N) is 1. The first-order chi connectivity index (χ1) is 15.5. The molecule has 0 spiro atoms. The summed E-state index contributed by atoms with van der Waals surface area (Å²) in [5.41, 5.74) is 9.70. The molecule has 2 saturated heterocycles. The summed E-state index contributed by atoms with van der Waals surface area (Å²) in [6.07, 6.45) is 3.93. The van der Waals surface area contributed by atoms with Gasteiger partial charge in [-0.25, -0.2) is 4.98 Å². The first-order valence-corrected chi connectivity index (χ1v) is 11.2. The van der Waals surface area contributed by atoms with Crippen LogP contribution in [0, 0.1) is 25.2 Å². The fourth-order valence-electron chi connectivity index (χ4n) is 4.98. The molecule has 2 aromatic heterocycles. The largest absolute Gasteiger partial charge is 0.354 e. The van der Waals surface area contributed by atoms with E-state index in [0.29, 0.717) is 17.4 Å². The average Bonchev–Trinajstić information content (AvgIpc) is 3.29. The van der Waals surface area contributed by atoms with Crippen molar-refractivity contribution in [2.24, 2.45) is 5.73 Å². The second-order valence-corrected chi connectivity index (χ2v) is 8.75. The van der Waals surface area contributed by atoms with E-state index in [9.17, 15) is 5.26 Å². The summed E-state index contributed by atoms with van der Waals surface area (Å²) >= 11 is 0. The molecule has 3 aromatic rings. The van der Waals surface area contributed by atoms with E-state index in [4.69, 9.17) is 10.7 Å². The summed E-state index contributed by atoms with van der Waals surface area (Å²) < 4.78 is 0. The van der Waals surface area contributed by atoms with Crippen molar-refractivity contribution in [1.82, 2.24) is 20.1 Å². The van der Waals surface area contributed by atoms with Gasteiger partial charge in [-0.1, -0.05) is 12.1 Å². The van der Waals surface area contributed by atoms with Gasteiger partial charge >= 0.3 is 0 Å². The molecule has 5 rings (SSSR count). The Morgan fingerprint density at radius 3 is 2.91 bits per heavy atom. The third-order valence-electron chi connectivity index (χ3n) is 6.87. The Balaban J connectivity index is 1.47. The molecule has 4 heterocycles. The summed E-state index contributed by atoms with van der Waals surface area (Å²) in [5, 5.41) is 23.3. The van der Waals surface area contributed by atoms with Gasteiger partial charge in [-0.3, -0.25) is 4.90 Å². The number of rotatable bonds is 4. The van der Waals surface area contributed by atoms with Gasteiger partial charge in [0, 0.05) is 42.6 Å². The number of fused-ring (bicyclic) bond motifs is 2.